The molecule has 0 saturated heterocycles. The minimum Gasteiger partial charge on any atom is -0.341 e. The Morgan fingerprint density at radius 2 is 1.77 bits per heavy atom. The Labute approximate surface area is 189 Å². The zero-order chi connectivity index (χ0) is 22.4. The van der Waals surface area contributed by atoms with Crippen LogP contribution in [0.3, 0.4) is 0 Å². The number of carbonyl (C=O) groups is 1. The van der Waals surface area contributed by atoms with Crippen molar-refractivity contribution in [2.75, 3.05) is 12.8 Å². The normalized spacial score (nSPS) is 11.4. The van der Waals surface area contributed by atoms with Crippen molar-refractivity contribution < 1.29 is 4.79 Å². The average Bonchev–Trinajstić information content (AvgIpc) is 3.15. The van der Waals surface area contributed by atoms with Gasteiger partial charge in [-0.2, -0.15) is 0 Å². The van der Waals surface area contributed by atoms with Crippen LogP contribution < -0.4 is 0 Å². The summed E-state index contributed by atoms with van der Waals surface area (Å²) in [5.74, 6) is 1.15. The number of nitrogens with zero attached hydrogens (tertiary/aromatic N) is 4. The van der Waals surface area contributed by atoms with Crippen molar-refractivity contribution in [1.29, 1.82) is 0 Å². The van der Waals surface area contributed by atoms with Crippen molar-refractivity contribution in [3.05, 3.63) is 78.4 Å². The number of amides is 1. The topological polar surface area (TPSA) is 51.0 Å². The third-order valence-corrected chi connectivity index (χ3v) is 6.00. The van der Waals surface area contributed by atoms with Crippen LogP contribution in [0.2, 0.25) is 0 Å². The first kappa shape index (κ1) is 22.8. The maximum absolute atomic E-state index is 12.6. The van der Waals surface area contributed by atoms with E-state index >= 15 is 0 Å². The van der Waals surface area contributed by atoms with Crippen LogP contribution in [0.25, 0.3) is 11.4 Å². The van der Waals surface area contributed by atoms with Gasteiger partial charge in [0.1, 0.15) is 0 Å². The van der Waals surface area contributed by atoms with Gasteiger partial charge >= 0.3 is 0 Å². The van der Waals surface area contributed by atoms with Gasteiger partial charge in [-0.3, -0.25) is 9.36 Å². The van der Waals surface area contributed by atoms with Crippen LogP contribution in [-0.2, 0) is 23.3 Å². The van der Waals surface area contributed by atoms with E-state index in [4.69, 9.17) is 0 Å². The van der Waals surface area contributed by atoms with Gasteiger partial charge in [-0.05, 0) is 16.5 Å². The van der Waals surface area contributed by atoms with Crippen molar-refractivity contribution in [2.45, 2.75) is 44.4 Å². The standard InChI is InChI=1S/C25H30N4OS/c1-6-16-29-23(20-12-14-21(15-13-20)25(2,3)4)26-27-24(29)31-18-22(30)28(5)17-19-10-8-7-9-11-19/h6-15H,1,16-18H2,2-5H3. The monoisotopic (exact) mass is 434 g/mol. The maximum atomic E-state index is 12.6. The Balaban J connectivity index is 1.71. The molecule has 0 aliphatic heterocycles. The van der Waals surface area contributed by atoms with Gasteiger partial charge in [-0.25, -0.2) is 0 Å². The lowest BCUT2D eigenvalue weighted by atomic mass is 9.87. The van der Waals surface area contributed by atoms with E-state index in [1.165, 1.54) is 17.3 Å². The van der Waals surface area contributed by atoms with Gasteiger partial charge in [0.2, 0.25) is 5.91 Å². The number of aromatic nitrogens is 3. The Hall–Kier alpha value is -2.86. The zero-order valence-electron chi connectivity index (χ0n) is 18.7. The summed E-state index contributed by atoms with van der Waals surface area (Å²) in [4.78, 5) is 14.4. The third kappa shape index (κ3) is 5.85. The molecular formula is C25H30N4OS. The fourth-order valence-electron chi connectivity index (χ4n) is 3.20. The van der Waals surface area contributed by atoms with Crippen molar-refractivity contribution in [1.82, 2.24) is 19.7 Å². The van der Waals surface area contributed by atoms with Crippen molar-refractivity contribution in [2.24, 2.45) is 0 Å². The molecule has 3 aromatic rings. The summed E-state index contributed by atoms with van der Waals surface area (Å²) in [6.07, 6.45) is 1.82. The van der Waals surface area contributed by atoms with Gasteiger partial charge in [0, 0.05) is 25.7 Å². The van der Waals surface area contributed by atoms with Crippen LogP contribution in [0, 0.1) is 0 Å². The Kier molecular flexibility index (Phi) is 7.33. The maximum Gasteiger partial charge on any atom is 0.233 e. The molecule has 0 spiro atoms. The van der Waals surface area contributed by atoms with Gasteiger partial charge in [-0.1, -0.05) is 93.2 Å². The molecule has 5 nitrogen and oxygen atoms in total. The molecular weight excluding hydrogens is 404 g/mol. The molecule has 0 unspecified atom stereocenters. The number of allylic oxidation sites excluding steroid dienone is 1. The Bertz CT molecular complexity index is 1020. The summed E-state index contributed by atoms with van der Waals surface area (Å²) in [6, 6.07) is 18.4. The van der Waals surface area contributed by atoms with Crippen LogP contribution in [0.1, 0.15) is 31.9 Å². The van der Waals surface area contributed by atoms with E-state index < -0.39 is 0 Å². The fraction of sp³-hybridized carbons (Fsp3) is 0.320. The molecule has 3 rings (SSSR count). The number of benzene rings is 2. The molecule has 1 heterocycles. The molecule has 0 N–H and O–H groups in total. The first-order chi connectivity index (χ1) is 14.8. The van der Waals surface area contributed by atoms with Crippen LogP contribution >= 0.6 is 11.8 Å². The van der Waals surface area contributed by atoms with Crippen LogP contribution in [-0.4, -0.2) is 38.4 Å². The van der Waals surface area contributed by atoms with E-state index in [1.807, 2.05) is 48.0 Å². The quantitative estimate of drug-likeness (QED) is 0.362. The second kappa shape index (κ2) is 9.96. The smallest absolute Gasteiger partial charge is 0.233 e. The fourth-order valence-corrected chi connectivity index (χ4v) is 4.09. The summed E-state index contributed by atoms with van der Waals surface area (Å²) in [7, 11) is 1.83. The molecule has 0 bridgehead atoms. The van der Waals surface area contributed by atoms with Gasteiger partial charge in [0.15, 0.2) is 11.0 Å². The van der Waals surface area contributed by atoms with Gasteiger partial charge in [-0.15, -0.1) is 16.8 Å². The molecule has 6 heteroatoms. The lowest BCUT2D eigenvalue weighted by molar-refractivity contribution is -0.127. The van der Waals surface area contributed by atoms with Gasteiger partial charge in [0.25, 0.3) is 0 Å². The molecule has 2 aromatic carbocycles. The highest BCUT2D eigenvalue weighted by molar-refractivity contribution is 7.99. The number of hydrogen-bond acceptors (Lipinski definition) is 4. The predicted octanol–water partition coefficient (Wildman–Crippen LogP) is 5.18. The number of rotatable bonds is 8. The van der Waals surface area contributed by atoms with Gasteiger partial charge in [0.05, 0.1) is 5.75 Å². The molecule has 0 atom stereocenters. The first-order valence-electron chi connectivity index (χ1n) is 10.4. The largest absolute Gasteiger partial charge is 0.341 e. The molecule has 1 aromatic heterocycles. The summed E-state index contributed by atoms with van der Waals surface area (Å²) in [5, 5.41) is 9.48. The first-order valence-corrected chi connectivity index (χ1v) is 11.3. The molecule has 0 aliphatic carbocycles. The molecule has 0 fully saturated rings. The van der Waals surface area contributed by atoms with E-state index in [0.717, 1.165) is 22.1 Å². The lowest BCUT2D eigenvalue weighted by Crippen LogP contribution is -2.27. The zero-order valence-corrected chi connectivity index (χ0v) is 19.5. The minimum atomic E-state index is 0.0538. The van der Waals surface area contributed by atoms with Crippen molar-refractivity contribution in [3.63, 3.8) is 0 Å². The van der Waals surface area contributed by atoms with E-state index in [0.29, 0.717) is 18.8 Å². The lowest BCUT2D eigenvalue weighted by Gasteiger charge is -2.19. The van der Waals surface area contributed by atoms with E-state index in [9.17, 15) is 4.79 Å². The highest BCUT2D eigenvalue weighted by Crippen LogP contribution is 2.28. The molecule has 0 saturated carbocycles. The van der Waals surface area contributed by atoms with Crippen LogP contribution in [0.15, 0.2) is 72.4 Å². The average molecular weight is 435 g/mol. The highest BCUT2D eigenvalue weighted by atomic mass is 32.2. The highest BCUT2D eigenvalue weighted by Gasteiger charge is 2.18. The van der Waals surface area contributed by atoms with Crippen LogP contribution in [0.4, 0.5) is 0 Å². The molecule has 1 amide bonds. The predicted molar refractivity (Wildman–Crippen MR) is 128 cm³/mol. The number of hydrogen-bond donors (Lipinski definition) is 0. The summed E-state index contributed by atoms with van der Waals surface area (Å²) in [6.45, 7) is 11.6. The summed E-state index contributed by atoms with van der Waals surface area (Å²) < 4.78 is 2.01. The molecule has 162 valence electrons. The molecule has 31 heavy (non-hydrogen) atoms. The second-order valence-corrected chi connectivity index (χ2v) is 9.50. The van der Waals surface area contributed by atoms with Crippen LogP contribution in [0.5, 0.6) is 0 Å². The number of thioether (sulfide) groups is 1. The molecule has 0 radical (unpaired) electrons. The Morgan fingerprint density at radius 3 is 2.39 bits per heavy atom. The SMILES string of the molecule is C=CCn1c(SCC(=O)N(C)Cc2ccccc2)nnc1-c1ccc(C(C)(C)C)cc1. The second-order valence-electron chi connectivity index (χ2n) is 8.56. The minimum absolute atomic E-state index is 0.0538. The van der Waals surface area contributed by atoms with E-state index in [2.05, 4.69) is 61.8 Å². The van der Waals surface area contributed by atoms with E-state index in [1.54, 1.807) is 4.90 Å². The summed E-state index contributed by atoms with van der Waals surface area (Å²) >= 11 is 1.41. The molecule has 0 aliphatic rings. The van der Waals surface area contributed by atoms with E-state index in [-0.39, 0.29) is 11.3 Å². The number of carbonyl (C=O) groups excluding carboxylic acids is 1. The summed E-state index contributed by atoms with van der Waals surface area (Å²) in [5.41, 5.74) is 3.48. The Morgan fingerprint density at radius 1 is 1.10 bits per heavy atom. The van der Waals surface area contributed by atoms with Crippen molar-refractivity contribution in [3.8, 4) is 11.4 Å². The van der Waals surface area contributed by atoms with Crippen molar-refractivity contribution >= 4 is 17.7 Å². The third-order valence-electron chi connectivity index (χ3n) is 5.05. The van der Waals surface area contributed by atoms with Gasteiger partial charge < -0.3 is 4.90 Å².